The maximum Gasteiger partial charge on any atom is 0.109 e. The van der Waals surface area contributed by atoms with Crippen LogP contribution in [0.3, 0.4) is 0 Å². The molecule has 0 aliphatic rings. The Hall–Kier alpha value is -0.470. The quantitative estimate of drug-likeness (QED) is 0.683. The monoisotopic (exact) mass is 167 g/mol. The van der Waals surface area contributed by atoms with E-state index in [1.807, 2.05) is 31.4 Å². The van der Waals surface area contributed by atoms with Crippen molar-refractivity contribution in [3.63, 3.8) is 0 Å². The van der Waals surface area contributed by atoms with Crippen molar-refractivity contribution in [2.24, 2.45) is 0 Å². The number of thioether (sulfide) groups is 1. The minimum atomic E-state index is 0.861. The number of aliphatic hydroxyl groups excluding tert-OH is 1. The van der Waals surface area contributed by atoms with Crippen molar-refractivity contribution >= 4 is 11.8 Å². The van der Waals surface area contributed by atoms with Gasteiger partial charge in [-0.15, -0.1) is 11.8 Å². The fraction of sp³-hybridized carbons (Fsp3) is 0.222. The zero-order chi connectivity index (χ0) is 8.27. The van der Waals surface area contributed by atoms with Crippen LogP contribution in [0, 0.1) is 13.5 Å². The summed E-state index contributed by atoms with van der Waals surface area (Å²) in [4.78, 5) is 1.26. The highest BCUT2D eigenvalue weighted by molar-refractivity contribution is 7.98. The lowest BCUT2D eigenvalue weighted by molar-refractivity contribution is 0.414. The van der Waals surface area contributed by atoms with Crippen LogP contribution in [0.25, 0.3) is 0 Å². The Labute approximate surface area is 71.4 Å². The van der Waals surface area contributed by atoms with Crippen LogP contribution in [0.1, 0.15) is 11.1 Å². The first-order valence-electron chi connectivity index (χ1n) is 3.40. The van der Waals surface area contributed by atoms with Crippen molar-refractivity contribution in [2.75, 3.05) is 6.26 Å². The lowest BCUT2D eigenvalue weighted by Gasteiger charge is -2.02. The third kappa shape index (κ3) is 1.98. The summed E-state index contributed by atoms with van der Waals surface area (Å²) in [6, 6.07) is 5.88. The Kier molecular flexibility index (Phi) is 2.97. The second kappa shape index (κ2) is 3.79. The van der Waals surface area contributed by atoms with E-state index < -0.39 is 0 Å². The molecule has 1 nitrogen and oxygen atoms in total. The van der Waals surface area contributed by atoms with Gasteiger partial charge in [0.2, 0.25) is 0 Å². The van der Waals surface area contributed by atoms with Crippen LogP contribution in [0.5, 0.6) is 0 Å². The Bertz CT molecular complexity index is 245. The zero-order valence-corrected chi connectivity index (χ0v) is 7.48. The minimum absolute atomic E-state index is 0.861. The average molecular weight is 167 g/mol. The van der Waals surface area contributed by atoms with Gasteiger partial charge >= 0.3 is 0 Å². The molecule has 1 radical (unpaired) electrons. The SMILES string of the molecule is CSc1ccc([CH]O)cc1C. The summed E-state index contributed by atoms with van der Waals surface area (Å²) >= 11 is 1.72. The third-order valence-electron chi connectivity index (χ3n) is 1.57. The molecule has 59 valence electrons. The van der Waals surface area contributed by atoms with E-state index in [1.54, 1.807) is 11.8 Å². The number of rotatable bonds is 2. The Balaban J connectivity index is 2.99. The zero-order valence-electron chi connectivity index (χ0n) is 6.66. The Morgan fingerprint density at radius 3 is 2.64 bits per heavy atom. The summed E-state index contributed by atoms with van der Waals surface area (Å²) in [7, 11) is 0. The summed E-state index contributed by atoms with van der Waals surface area (Å²) < 4.78 is 0. The predicted molar refractivity (Wildman–Crippen MR) is 48.3 cm³/mol. The van der Waals surface area contributed by atoms with Crippen LogP contribution in [0.4, 0.5) is 0 Å². The second-order valence-electron chi connectivity index (χ2n) is 2.36. The summed E-state index contributed by atoms with van der Waals surface area (Å²) in [5, 5.41) is 8.69. The molecule has 0 fully saturated rings. The van der Waals surface area contributed by atoms with E-state index in [-0.39, 0.29) is 0 Å². The molecule has 1 N–H and O–H groups in total. The fourth-order valence-corrected chi connectivity index (χ4v) is 1.57. The summed E-state index contributed by atoms with van der Waals surface area (Å²) in [5.74, 6) is 0. The van der Waals surface area contributed by atoms with Gasteiger partial charge in [-0.25, -0.2) is 0 Å². The first kappa shape index (κ1) is 8.62. The standard InChI is InChI=1S/C9H11OS/c1-7-5-8(6-10)3-4-9(7)11-2/h3-6,10H,1-2H3. The number of aliphatic hydroxyl groups is 1. The van der Waals surface area contributed by atoms with Crippen molar-refractivity contribution in [1.82, 2.24) is 0 Å². The van der Waals surface area contributed by atoms with Crippen LogP contribution < -0.4 is 0 Å². The lowest BCUT2D eigenvalue weighted by Crippen LogP contribution is -1.83. The molecule has 1 aromatic carbocycles. The van der Waals surface area contributed by atoms with Gasteiger partial charge in [-0.2, -0.15) is 0 Å². The molecule has 1 rings (SSSR count). The van der Waals surface area contributed by atoms with E-state index in [2.05, 4.69) is 0 Å². The minimum Gasteiger partial charge on any atom is -0.385 e. The molecule has 0 bridgehead atoms. The Morgan fingerprint density at radius 1 is 1.45 bits per heavy atom. The molecular formula is C9H11OS. The summed E-state index contributed by atoms with van der Waals surface area (Å²) in [6.45, 7) is 3.16. The molecule has 0 aromatic heterocycles. The van der Waals surface area contributed by atoms with Crippen molar-refractivity contribution in [3.05, 3.63) is 35.9 Å². The maximum atomic E-state index is 8.69. The van der Waals surface area contributed by atoms with Gasteiger partial charge in [0.25, 0.3) is 0 Å². The van der Waals surface area contributed by atoms with Gasteiger partial charge in [0.15, 0.2) is 0 Å². The number of aryl methyl sites for hydroxylation is 1. The molecule has 0 saturated carbocycles. The van der Waals surface area contributed by atoms with Crippen molar-refractivity contribution < 1.29 is 5.11 Å². The average Bonchev–Trinajstić information content (AvgIpc) is 2.04. The molecule has 0 unspecified atom stereocenters. The third-order valence-corrected chi connectivity index (χ3v) is 2.47. The fourth-order valence-electron chi connectivity index (χ4n) is 0.982. The maximum absolute atomic E-state index is 8.69. The van der Waals surface area contributed by atoms with Crippen molar-refractivity contribution in [1.29, 1.82) is 0 Å². The van der Waals surface area contributed by atoms with Gasteiger partial charge in [0, 0.05) is 4.90 Å². The first-order valence-corrected chi connectivity index (χ1v) is 4.62. The van der Waals surface area contributed by atoms with Crippen LogP contribution >= 0.6 is 11.8 Å². The van der Waals surface area contributed by atoms with Gasteiger partial charge in [-0.05, 0) is 30.4 Å². The molecule has 11 heavy (non-hydrogen) atoms. The van der Waals surface area contributed by atoms with Gasteiger partial charge in [0.05, 0.1) is 0 Å². The van der Waals surface area contributed by atoms with Crippen molar-refractivity contribution in [2.45, 2.75) is 11.8 Å². The largest absolute Gasteiger partial charge is 0.385 e. The highest BCUT2D eigenvalue weighted by atomic mass is 32.2. The van der Waals surface area contributed by atoms with E-state index in [9.17, 15) is 0 Å². The van der Waals surface area contributed by atoms with Crippen LogP contribution in [-0.2, 0) is 0 Å². The Morgan fingerprint density at radius 2 is 2.18 bits per heavy atom. The van der Waals surface area contributed by atoms with E-state index in [1.165, 1.54) is 10.5 Å². The first-order chi connectivity index (χ1) is 5.27. The molecule has 0 amide bonds. The molecule has 2 heteroatoms. The van der Waals surface area contributed by atoms with Crippen LogP contribution in [-0.4, -0.2) is 11.4 Å². The number of benzene rings is 1. The van der Waals surface area contributed by atoms with Crippen molar-refractivity contribution in [3.8, 4) is 0 Å². The number of hydrogen-bond acceptors (Lipinski definition) is 2. The van der Waals surface area contributed by atoms with Gasteiger partial charge < -0.3 is 5.11 Å². The van der Waals surface area contributed by atoms with Gasteiger partial charge in [-0.1, -0.05) is 12.1 Å². The highest BCUT2D eigenvalue weighted by Crippen LogP contribution is 2.20. The smallest absolute Gasteiger partial charge is 0.109 e. The molecule has 0 saturated heterocycles. The molecule has 1 aromatic rings. The summed E-state index contributed by atoms with van der Waals surface area (Å²) in [6.07, 6.45) is 2.05. The van der Waals surface area contributed by atoms with Gasteiger partial charge in [-0.3, -0.25) is 0 Å². The molecule has 0 heterocycles. The highest BCUT2D eigenvalue weighted by Gasteiger charge is 1.97. The van der Waals surface area contributed by atoms with Crippen LogP contribution in [0.2, 0.25) is 0 Å². The van der Waals surface area contributed by atoms with E-state index in [4.69, 9.17) is 5.11 Å². The van der Waals surface area contributed by atoms with Gasteiger partial charge in [0.1, 0.15) is 6.61 Å². The molecule has 0 aliphatic heterocycles. The van der Waals surface area contributed by atoms with Crippen LogP contribution in [0.15, 0.2) is 23.1 Å². The normalized spacial score (nSPS) is 10.1. The lowest BCUT2D eigenvalue weighted by atomic mass is 10.1. The van der Waals surface area contributed by atoms with E-state index in [0.29, 0.717) is 0 Å². The molecule has 0 atom stereocenters. The topological polar surface area (TPSA) is 20.2 Å². The van der Waals surface area contributed by atoms with E-state index in [0.717, 1.165) is 12.2 Å². The second-order valence-corrected chi connectivity index (χ2v) is 3.21. The number of hydrogen-bond donors (Lipinski definition) is 1. The van der Waals surface area contributed by atoms with E-state index >= 15 is 0 Å². The summed E-state index contributed by atoms with van der Waals surface area (Å²) in [5.41, 5.74) is 2.07. The predicted octanol–water partition coefficient (Wildman–Crippen LogP) is 2.60. The molecular weight excluding hydrogens is 156 g/mol. The molecule has 0 aliphatic carbocycles. The molecule has 0 spiro atoms.